The van der Waals surface area contributed by atoms with E-state index in [1.165, 1.54) is 0 Å². The number of benzene rings is 2. The maximum Gasteiger partial charge on any atom is 0.139 e. The minimum atomic E-state index is -0.533. The van der Waals surface area contributed by atoms with Crippen molar-refractivity contribution in [3.63, 3.8) is 0 Å². The Labute approximate surface area is 152 Å². The van der Waals surface area contributed by atoms with Crippen molar-refractivity contribution in [3.8, 4) is 11.5 Å². The summed E-state index contributed by atoms with van der Waals surface area (Å²) in [6.45, 7) is 0.825. The quantitative estimate of drug-likeness (QED) is 0.887. The van der Waals surface area contributed by atoms with Crippen LogP contribution in [0.1, 0.15) is 23.6 Å². The molecule has 138 valence electrons. The zero-order valence-electron chi connectivity index (χ0n) is 14.9. The monoisotopic (exact) mass is 357 g/mol. The number of rotatable bonds is 5. The molecule has 26 heavy (non-hydrogen) atoms. The van der Waals surface area contributed by atoms with Crippen molar-refractivity contribution < 1.29 is 24.1 Å². The van der Waals surface area contributed by atoms with Crippen molar-refractivity contribution in [2.45, 2.75) is 18.0 Å². The van der Waals surface area contributed by atoms with E-state index < -0.39 is 5.54 Å². The van der Waals surface area contributed by atoms with Crippen molar-refractivity contribution in [3.05, 3.63) is 59.7 Å². The first-order chi connectivity index (χ1) is 12.7. The molecule has 0 amide bonds. The van der Waals surface area contributed by atoms with Gasteiger partial charge in [0.2, 0.25) is 0 Å². The Hall–Kier alpha value is -2.12. The van der Waals surface area contributed by atoms with Crippen LogP contribution in [-0.2, 0) is 9.47 Å². The van der Waals surface area contributed by atoms with E-state index >= 15 is 0 Å². The number of aliphatic hydroxyl groups excluding tert-OH is 1. The minimum Gasteiger partial charge on any atom is -0.497 e. The van der Waals surface area contributed by atoms with Crippen LogP contribution in [0.5, 0.6) is 11.5 Å². The van der Waals surface area contributed by atoms with Gasteiger partial charge in [-0.2, -0.15) is 0 Å². The molecule has 1 N–H and O–H groups in total. The third-order valence-corrected chi connectivity index (χ3v) is 5.17. The lowest BCUT2D eigenvalue weighted by Gasteiger charge is -2.33. The van der Waals surface area contributed by atoms with Gasteiger partial charge in [0.25, 0.3) is 0 Å². The van der Waals surface area contributed by atoms with E-state index in [4.69, 9.17) is 18.9 Å². The summed E-state index contributed by atoms with van der Waals surface area (Å²) in [5, 5.41) is 10.1. The first-order valence-electron chi connectivity index (χ1n) is 8.61. The number of ether oxygens (including phenoxy) is 4. The van der Waals surface area contributed by atoms with E-state index in [0.717, 1.165) is 22.6 Å². The highest BCUT2D eigenvalue weighted by Gasteiger charge is 2.56. The van der Waals surface area contributed by atoms with Crippen LogP contribution in [-0.4, -0.2) is 49.6 Å². The van der Waals surface area contributed by atoms with Crippen LogP contribution in [0.2, 0.25) is 0 Å². The summed E-state index contributed by atoms with van der Waals surface area (Å²) >= 11 is 0. The summed E-state index contributed by atoms with van der Waals surface area (Å²) in [6, 6.07) is 15.6. The zero-order chi connectivity index (χ0) is 18.1. The van der Waals surface area contributed by atoms with Crippen LogP contribution in [0.15, 0.2) is 48.5 Å². The summed E-state index contributed by atoms with van der Waals surface area (Å²) in [5.74, 6) is 1.59. The number of methoxy groups -OCH3 is 2. The maximum absolute atomic E-state index is 10.1. The van der Waals surface area contributed by atoms with Gasteiger partial charge in [0.1, 0.15) is 24.0 Å². The van der Waals surface area contributed by atoms with Gasteiger partial charge in [0, 0.05) is 0 Å². The lowest BCUT2D eigenvalue weighted by molar-refractivity contribution is -0.0630. The van der Waals surface area contributed by atoms with Crippen molar-refractivity contribution in [1.29, 1.82) is 0 Å². The molecule has 0 radical (unpaired) electrons. The predicted molar refractivity (Wildman–Crippen MR) is 95.0 cm³/mol. The first-order valence-corrected chi connectivity index (χ1v) is 8.61. The smallest absolute Gasteiger partial charge is 0.139 e. The van der Waals surface area contributed by atoms with E-state index in [2.05, 4.69) is 4.90 Å². The Morgan fingerprint density at radius 2 is 1.31 bits per heavy atom. The van der Waals surface area contributed by atoms with Gasteiger partial charge >= 0.3 is 0 Å². The maximum atomic E-state index is 10.1. The lowest BCUT2D eigenvalue weighted by Crippen LogP contribution is -2.47. The average molecular weight is 357 g/mol. The van der Waals surface area contributed by atoms with Gasteiger partial charge in [-0.25, -0.2) is 4.90 Å². The third-order valence-electron chi connectivity index (χ3n) is 5.17. The van der Waals surface area contributed by atoms with Gasteiger partial charge in [-0.3, -0.25) is 0 Å². The molecule has 4 rings (SSSR count). The largest absolute Gasteiger partial charge is 0.497 e. The summed E-state index contributed by atoms with van der Waals surface area (Å²) in [6.07, 6.45) is -0.578. The highest BCUT2D eigenvalue weighted by molar-refractivity contribution is 5.32. The average Bonchev–Trinajstić information content (AvgIpc) is 3.26. The molecule has 2 heterocycles. The van der Waals surface area contributed by atoms with E-state index in [-0.39, 0.29) is 19.1 Å². The Balaban J connectivity index is 1.67. The van der Waals surface area contributed by atoms with E-state index in [0.29, 0.717) is 13.2 Å². The van der Waals surface area contributed by atoms with Gasteiger partial charge in [0.15, 0.2) is 0 Å². The molecular formula is C20H23NO5. The molecule has 0 aliphatic carbocycles. The Kier molecular flexibility index (Phi) is 4.58. The predicted octanol–water partition coefficient (Wildman–Crippen LogP) is 2.49. The number of hydrogen-bond donors (Lipinski definition) is 1. The summed E-state index contributed by atoms with van der Waals surface area (Å²) in [5.41, 5.74) is 1.48. The molecular weight excluding hydrogens is 334 g/mol. The van der Waals surface area contributed by atoms with Crippen LogP contribution in [0.4, 0.5) is 0 Å². The molecule has 3 atom stereocenters. The van der Waals surface area contributed by atoms with Crippen molar-refractivity contribution in [2.24, 2.45) is 0 Å². The normalized spacial score (nSPS) is 28.1. The number of hydrogen-bond acceptors (Lipinski definition) is 6. The summed E-state index contributed by atoms with van der Waals surface area (Å²) in [4.78, 5) is 2.14. The lowest BCUT2D eigenvalue weighted by atomic mass is 10.0. The van der Waals surface area contributed by atoms with Gasteiger partial charge in [-0.15, -0.1) is 0 Å². The van der Waals surface area contributed by atoms with Crippen LogP contribution in [0, 0.1) is 0 Å². The minimum absolute atomic E-state index is 0.0215. The zero-order valence-corrected chi connectivity index (χ0v) is 14.9. The number of nitrogens with zero attached hydrogens (tertiary/aromatic N) is 1. The van der Waals surface area contributed by atoms with E-state index in [1.54, 1.807) is 14.2 Å². The highest BCUT2D eigenvalue weighted by Crippen LogP contribution is 2.49. The Bertz CT molecular complexity index is 686. The van der Waals surface area contributed by atoms with Crippen LogP contribution in [0.25, 0.3) is 0 Å². The fourth-order valence-corrected chi connectivity index (χ4v) is 3.66. The second kappa shape index (κ2) is 6.89. The van der Waals surface area contributed by atoms with E-state index in [1.807, 2.05) is 48.5 Å². The molecule has 2 fully saturated rings. The molecule has 6 heteroatoms. The molecule has 0 aromatic heterocycles. The Morgan fingerprint density at radius 1 is 0.885 bits per heavy atom. The molecule has 2 saturated heterocycles. The molecule has 0 bridgehead atoms. The molecule has 2 aliphatic rings. The molecule has 2 aromatic carbocycles. The van der Waals surface area contributed by atoms with E-state index in [9.17, 15) is 5.11 Å². The third kappa shape index (κ3) is 2.75. The van der Waals surface area contributed by atoms with Crippen molar-refractivity contribution >= 4 is 0 Å². The standard InChI is InChI=1S/C20H23NO5/c1-23-16-7-3-14(4-8-16)18-21-19(15-5-9-17(24-2)10-6-15)26-13-20(21,11-22)12-25-18/h3-10,18-19,22H,11-13H2,1-2H3/t18-,19?,20?/m0/s1. The van der Waals surface area contributed by atoms with Crippen LogP contribution in [0.3, 0.4) is 0 Å². The van der Waals surface area contributed by atoms with Gasteiger partial charge in [-0.1, -0.05) is 24.3 Å². The molecule has 6 nitrogen and oxygen atoms in total. The van der Waals surface area contributed by atoms with Crippen LogP contribution < -0.4 is 9.47 Å². The second-order valence-corrected chi connectivity index (χ2v) is 6.66. The van der Waals surface area contributed by atoms with Gasteiger partial charge in [0.05, 0.1) is 39.6 Å². The summed E-state index contributed by atoms with van der Waals surface area (Å²) in [7, 11) is 3.29. The van der Waals surface area contributed by atoms with Gasteiger partial charge < -0.3 is 24.1 Å². The molecule has 2 aromatic rings. The van der Waals surface area contributed by atoms with Crippen molar-refractivity contribution in [1.82, 2.24) is 4.90 Å². The number of fused-ring (bicyclic) bond motifs is 1. The summed E-state index contributed by atoms with van der Waals surface area (Å²) < 4.78 is 22.7. The molecule has 0 spiro atoms. The first kappa shape index (κ1) is 17.3. The SMILES string of the molecule is COc1ccc(C2OCC3(CO)CO[C@@H](c4ccc(OC)cc4)N23)cc1. The fraction of sp³-hybridized carbons (Fsp3) is 0.400. The fourth-order valence-electron chi connectivity index (χ4n) is 3.66. The highest BCUT2D eigenvalue weighted by atomic mass is 16.6. The molecule has 0 saturated carbocycles. The van der Waals surface area contributed by atoms with Gasteiger partial charge in [-0.05, 0) is 35.4 Å². The topological polar surface area (TPSA) is 60.4 Å². The van der Waals surface area contributed by atoms with Crippen molar-refractivity contribution in [2.75, 3.05) is 34.0 Å². The number of aliphatic hydroxyl groups is 1. The second-order valence-electron chi connectivity index (χ2n) is 6.66. The molecule has 2 unspecified atom stereocenters. The van der Waals surface area contributed by atoms with Crippen LogP contribution >= 0.6 is 0 Å². The molecule has 2 aliphatic heterocycles. The Morgan fingerprint density at radius 3 is 1.65 bits per heavy atom.